The Morgan fingerprint density at radius 1 is 1.17 bits per heavy atom. The van der Waals surface area contributed by atoms with Gasteiger partial charge in [0.1, 0.15) is 18.3 Å². The summed E-state index contributed by atoms with van der Waals surface area (Å²) in [6.45, 7) is 1.29. The highest BCUT2D eigenvalue weighted by molar-refractivity contribution is 6.06. The summed E-state index contributed by atoms with van der Waals surface area (Å²) in [4.78, 5) is 34.4. The molecule has 0 aromatic carbocycles. The Morgan fingerprint density at radius 2 is 1.72 bits per heavy atom. The van der Waals surface area contributed by atoms with E-state index in [1.807, 2.05) is 0 Å². The highest BCUT2D eigenvalue weighted by Gasteiger charge is 2.68. The minimum atomic E-state index is -0.629. The van der Waals surface area contributed by atoms with Crippen molar-refractivity contribution in [2.24, 2.45) is 11.8 Å². The van der Waals surface area contributed by atoms with Crippen molar-refractivity contribution in [3.8, 4) is 0 Å². The molecule has 3 aliphatic rings. The third-order valence-electron chi connectivity index (χ3n) is 3.81. The Kier molecular flexibility index (Phi) is 2.43. The molecule has 3 fully saturated rings. The molecule has 7 heteroatoms. The minimum Gasteiger partial charge on any atom is -0.457 e. The SMILES string of the molecule is COC1C(OC(C)=O)C2OC1C1C(=O)NC(=O)C21. The van der Waals surface area contributed by atoms with Gasteiger partial charge in [-0.3, -0.25) is 19.7 Å². The van der Waals surface area contributed by atoms with E-state index in [0.717, 1.165) is 0 Å². The maximum Gasteiger partial charge on any atom is 0.303 e. The van der Waals surface area contributed by atoms with E-state index in [-0.39, 0.29) is 11.8 Å². The van der Waals surface area contributed by atoms with E-state index in [4.69, 9.17) is 14.2 Å². The van der Waals surface area contributed by atoms with Crippen molar-refractivity contribution in [3.63, 3.8) is 0 Å². The van der Waals surface area contributed by atoms with Crippen LogP contribution in [0, 0.1) is 11.8 Å². The van der Waals surface area contributed by atoms with Crippen LogP contribution in [0.1, 0.15) is 6.92 Å². The molecule has 0 radical (unpaired) electrons. The molecule has 3 rings (SSSR count). The first-order valence-electron chi connectivity index (χ1n) is 5.74. The van der Waals surface area contributed by atoms with Crippen molar-refractivity contribution >= 4 is 17.8 Å². The Morgan fingerprint density at radius 3 is 2.22 bits per heavy atom. The Balaban J connectivity index is 1.91. The van der Waals surface area contributed by atoms with E-state index in [2.05, 4.69) is 5.32 Å². The molecule has 1 N–H and O–H groups in total. The fourth-order valence-corrected chi connectivity index (χ4v) is 3.20. The smallest absolute Gasteiger partial charge is 0.303 e. The predicted molar refractivity (Wildman–Crippen MR) is 55.1 cm³/mol. The summed E-state index contributed by atoms with van der Waals surface area (Å²) in [6.07, 6.45) is -2.26. The number of hydrogen-bond acceptors (Lipinski definition) is 6. The number of esters is 1. The van der Waals surface area contributed by atoms with Gasteiger partial charge in [0.25, 0.3) is 0 Å². The van der Waals surface area contributed by atoms with Crippen molar-refractivity contribution in [1.82, 2.24) is 5.32 Å². The first-order valence-corrected chi connectivity index (χ1v) is 5.74. The first-order chi connectivity index (χ1) is 8.54. The molecule has 2 bridgehead atoms. The zero-order chi connectivity index (χ0) is 13.0. The van der Waals surface area contributed by atoms with Crippen molar-refractivity contribution in [2.45, 2.75) is 31.3 Å². The fraction of sp³-hybridized carbons (Fsp3) is 0.727. The van der Waals surface area contributed by atoms with E-state index in [9.17, 15) is 14.4 Å². The third kappa shape index (κ3) is 1.34. The minimum absolute atomic E-state index is 0.333. The summed E-state index contributed by atoms with van der Waals surface area (Å²) in [7, 11) is 1.47. The van der Waals surface area contributed by atoms with Gasteiger partial charge in [0.15, 0.2) is 6.10 Å². The van der Waals surface area contributed by atoms with Crippen LogP contribution in [0.15, 0.2) is 0 Å². The molecule has 0 saturated carbocycles. The van der Waals surface area contributed by atoms with Crippen LogP contribution < -0.4 is 5.32 Å². The van der Waals surface area contributed by atoms with Crippen LogP contribution in [0.25, 0.3) is 0 Å². The summed E-state index contributed by atoms with van der Waals surface area (Å²) >= 11 is 0. The summed E-state index contributed by atoms with van der Waals surface area (Å²) in [6, 6.07) is 0. The molecule has 0 aliphatic carbocycles. The van der Waals surface area contributed by atoms with Gasteiger partial charge in [0.05, 0.1) is 11.8 Å². The zero-order valence-electron chi connectivity index (χ0n) is 9.91. The lowest BCUT2D eigenvalue weighted by molar-refractivity contribution is -0.158. The lowest BCUT2D eigenvalue weighted by Crippen LogP contribution is -2.50. The second-order valence-electron chi connectivity index (χ2n) is 4.74. The van der Waals surface area contributed by atoms with Crippen molar-refractivity contribution in [3.05, 3.63) is 0 Å². The van der Waals surface area contributed by atoms with Crippen LogP contribution >= 0.6 is 0 Å². The molecule has 18 heavy (non-hydrogen) atoms. The van der Waals surface area contributed by atoms with E-state index < -0.39 is 42.2 Å². The van der Waals surface area contributed by atoms with Crippen molar-refractivity contribution in [1.29, 1.82) is 0 Å². The molecular weight excluding hydrogens is 242 g/mol. The molecule has 6 unspecified atom stereocenters. The second-order valence-corrected chi connectivity index (χ2v) is 4.74. The highest BCUT2D eigenvalue weighted by Crippen LogP contribution is 2.48. The molecule has 3 saturated heterocycles. The van der Waals surface area contributed by atoms with Crippen LogP contribution in [0.3, 0.4) is 0 Å². The summed E-state index contributed by atoms with van der Waals surface area (Å²) < 4.78 is 16.0. The van der Waals surface area contributed by atoms with Gasteiger partial charge in [-0.05, 0) is 0 Å². The number of methoxy groups -OCH3 is 1. The molecule has 7 nitrogen and oxygen atoms in total. The van der Waals surface area contributed by atoms with Gasteiger partial charge in [-0.2, -0.15) is 0 Å². The van der Waals surface area contributed by atoms with Gasteiger partial charge >= 0.3 is 5.97 Å². The Hall–Kier alpha value is -1.47. The monoisotopic (exact) mass is 255 g/mol. The molecule has 3 heterocycles. The quantitative estimate of drug-likeness (QED) is 0.482. The topological polar surface area (TPSA) is 90.9 Å². The number of carbonyl (C=O) groups excluding carboxylic acids is 3. The Bertz CT molecular complexity index is 435. The first kappa shape index (κ1) is 11.6. The van der Waals surface area contributed by atoms with E-state index >= 15 is 0 Å². The molecule has 2 amide bonds. The molecule has 0 aromatic rings. The van der Waals surface area contributed by atoms with Gasteiger partial charge < -0.3 is 14.2 Å². The van der Waals surface area contributed by atoms with Gasteiger partial charge in [0, 0.05) is 14.0 Å². The van der Waals surface area contributed by atoms with Gasteiger partial charge in [-0.1, -0.05) is 0 Å². The van der Waals surface area contributed by atoms with E-state index in [1.54, 1.807) is 0 Å². The zero-order valence-corrected chi connectivity index (χ0v) is 9.91. The number of carbonyl (C=O) groups is 3. The molecule has 0 spiro atoms. The van der Waals surface area contributed by atoms with Crippen molar-refractivity contribution in [2.75, 3.05) is 7.11 Å². The molecular formula is C11H13NO6. The van der Waals surface area contributed by atoms with Crippen molar-refractivity contribution < 1.29 is 28.6 Å². The molecule has 6 atom stereocenters. The second kappa shape index (κ2) is 3.76. The number of amides is 2. The molecule has 3 aliphatic heterocycles. The van der Waals surface area contributed by atoms with E-state index in [1.165, 1.54) is 14.0 Å². The average Bonchev–Trinajstić information content (AvgIpc) is 2.90. The fourth-order valence-electron chi connectivity index (χ4n) is 3.20. The maximum atomic E-state index is 11.7. The average molecular weight is 255 g/mol. The van der Waals surface area contributed by atoms with Gasteiger partial charge in [-0.15, -0.1) is 0 Å². The standard InChI is InChI=1S/C11H13NO6/c1-3(13)17-9-7-5-4(10(14)12-11(5)15)6(18-7)8(9)16-2/h4-9H,1-2H3,(H,12,14,15). The number of fused-ring (bicyclic) bond motifs is 5. The number of rotatable bonds is 2. The largest absolute Gasteiger partial charge is 0.457 e. The van der Waals surface area contributed by atoms with Crippen LogP contribution in [0.4, 0.5) is 0 Å². The number of hydrogen-bond donors (Lipinski definition) is 1. The third-order valence-corrected chi connectivity index (χ3v) is 3.81. The van der Waals surface area contributed by atoms with E-state index in [0.29, 0.717) is 0 Å². The van der Waals surface area contributed by atoms with Gasteiger partial charge in [-0.25, -0.2) is 0 Å². The Labute approximate surface area is 103 Å². The highest BCUT2D eigenvalue weighted by atomic mass is 16.6. The number of ether oxygens (including phenoxy) is 3. The van der Waals surface area contributed by atoms with Gasteiger partial charge in [0.2, 0.25) is 11.8 Å². The number of imide groups is 1. The summed E-state index contributed by atoms with van der Waals surface area (Å²) in [5.41, 5.74) is 0. The van der Waals surface area contributed by atoms with Crippen LogP contribution in [0.2, 0.25) is 0 Å². The maximum absolute atomic E-state index is 11.7. The normalized spacial score (nSPS) is 45.0. The summed E-state index contributed by atoms with van der Waals surface area (Å²) in [5, 5.41) is 2.28. The van der Waals surface area contributed by atoms with Crippen LogP contribution in [-0.4, -0.2) is 49.3 Å². The van der Waals surface area contributed by atoms with Crippen LogP contribution in [-0.2, 0) is 28.6 Å². The number of nitrogens with one attached hydrogen (secondary N) is 1. The molecule has 98 valence electrons. The van der Waals surface area contributed by atoms with Crippen LogP contribution in [0.5, 0.6) is 0 Å². The summed E-state index contributed by atoms with van der Waals surface area (Å²) in [5.74, 6) is -2.25. The molecule has 0 aromatic heterocycles. The lowest BCUT2D eigenvalue weighted by Gasteiger charge is -2.30. The predicted octanol–water partition coefficient (Wildman–Crippen LogP) is -1.40. The lowest BCUT2D eigenvalue weighted by atomic mass is 9.78.